The van der Waals surface area contributed by atoms with Crippen molar-refractivity contribution in [2.75, 3.05) is 7.11 Å². The molecule has 0 saturated carbocycles. The largest absolute Gasteiger partial charge is 0.479 e. The minimum Gasteiger partial charge on any atom is -0.479 e. The van der Waals surface area contributed by atoms with E-state index in [1.165, 1.54) is 6.92 Å². The van der Waals surface area contributed by atoms with E-state index in [4.69, 9.17) is 9.47 Å². The van der Waals surface area contributed by atoms with Gasteiger partial charge >= 0.3 is 17.9 Å². The Bertz CT molecular complexity index is 460. The summed E-state index contributed by atoms with van der Waals surface area (Å²) in [5.41, 5.74) is -4.31. The van der Waals surface area contributed by atoms with E-state index in [9.17, 15) is 29.7 Å². The van der Waals surface area contributed by atoms with Gasteiger partial charge in [-0.2, -0.15) is 0 Å². The van der Waals surface area contributed by atoms with E-state index in [0.717, 1.165) is 21.0 Å². The second kappa shape index (κ2) is 5.82. The zero-order chi connectivity index (χ0) is 17.3. The summed E-state index contributed by atoms with van der Waals surface area (Å²) in [6, 6.07) is 0. The predicted octanol–water partition coefficient (Wildman–Crippen LogP) is -0.250. The van der Waals surface area contributed by atoms with Crippen molar-refractivity contribution in [3.8, 4) is 0 Å². The average molecular weight is 320 g/mol. The van der Waals surface area contributed by atoms with Crippen LogP contribution in [0.3, 0.4) is 0 Å². The lowest BCUT2D eigenvalue weighted by molar-refractivity contribution is -0.206. The molecule has 1 aliphatic heterocycles. The Hall–Kier alpha value is -1.71. The number of methoxy groups -OCH3 is 1. The molecule has 0 spiro atoms. The fourth-order valence-corrected chi connectivity index (χ4v) is 2.43. The van der Waals surface area contributed by atoms with Gasteiger partial charge in [0, 0.05) is 6.42 Å². The normalized spacial score (nSPS) is 31.5. The number of esters is 1. The maximum absolute atomic E-state index is 11.4. The Balaban J connectivity index is 3.01. The zero-order valence-corrected chi connectivity index (χ0v) is 12.8. The summed E-state index contributed by atoms with van der Waals surface area (Å²) in [7, 11) is 1.16. The van der Waals surface area contributed by atoms with Crippen LogP contribution in [-0.2, 0) is 28.6 Å². The first-order valence-electron chi connectivity index (χ1n) is 6.52. The quantitative estimate of drug-likeness (QED) is 0.565. The first kappa shape index (κ1) is 18.3. The Labute approximate surface area is 126 Å². The van der Waals surface area contributed by atoms with Crippen LogP contribution in [-0.4, -0.2) is 63.4 Å². The number of ether oxygens (including phenoxy) is 3. The smallest absolute Gasteiger partial charge is 0.339 e. The third kappa shape index (κ3) is 3.06. The van der Waals surface area contributed by atoms with Crippen LogP contribution in [0.5, 0.6) is 0 Å². The van der Waals surface area contributed by atoms with Crippen molar-refractivity contribution in [1.29, 1.82) is 0 Å². The fraction of sp³-hybridized carbons (Fsp3) is 0.769. The Morgan fingerprint density at radius 3 is 1.77 bits per heavy atom. The summed E-state index contributed by atoms with van der Waals surface area (Å²) in [5.74, 6) is -5.38. The maximum Gasteiger partial charge on any atom is 0.339 e. The van der Waals surface area contributed by atoms with Crippen molar-refractivity contribution >= 4 is 17.9 Å². The highest BCUT2D eigenvalue weighted by Gasteiger charge is 2.68. The van der Waals surface area contributed by atoms with Gasteiger partial charge in [-0.05, 0) is 20.8 Å². The Morgan fingerprint density at radius 2 is 1.45 bits per heavy atom. The predicted molar refractivity (Wildman–Crippen MR) is 69.9 cm³/mol. The number of hydrogen-bond donors (Lipinski definition) is 3. The molecule has 22 heavy (non-hydrogen) atoms. The molecular weight excluding hydrogens is 300 g/mol. The highest BCUT2D eigenvalue weighted by Crippen LogP contribution is 2.46. The topological polar surface area (TPSA) is 140 Å². The van der Waals surface area contributed by atoms with Crippen molar-refractivity contribution in [1.82, 2.24) is 0 Å². The number of carbonyl (C=O) groups is 3. The first-order chi connectivity index (χ1) is 9.90. The van der Waals surface area contributed by atoms with E-state index >= 15 is 0 Å². The van der Waals surface area contributed by atoms with Crippen molar-refractivity contribution in [2.45, 2.75) is 56.7 Å². The number of aliphatic hydroxyl groups is 1. The summed E-state index contributed by atoms with van der Waals surface area (Å²) >= 11 is 0. The molecule has 0 aliphatic carbocycles. The number of hydrogen-bond acceptors (Lipinski definition) is 7. The monoisotopic (exact) mass is 320 g/mol. The number of aliphatic hydroxyl groups excluding tert-OH is 1. The van der Waals surface area contributed by atoms with E-state index < -0.39 is 41.0 Å². The van der Waals surface area contributed by atoms with Crippen LogP contribution in [0, 0.1) is 0 Å². The summed E-state index contributed by atoms with van der Waals surface area (Å²) in [5, 5.41) is 28.4. The van der Waals surface area contributed by atoms with Gasteiger partial charge in [-0.15, -0.1) is 0 Å². The van der Waals surface area contributed by atoms with E-state index in [1.54, 1.807) is 0 Å². The average Bonchev–Trinajstić information content (AvgIpc) is 2.57. The van der Waals surface area contributed by atoms with Crippen LogP contribution >= 0.6 is 0 Å². The van der Waals surface area contributed by atoms with E-state index in [2.05, 4.69) is 4.74 Å². The van der Waals surface area contributed by atoms with Crippen molar-refractivity contribution in [2.24, 2.45) is 0 Å². The maximum atomic E-state index is 11.4. The lowest BCUT2D eigenvalue weighted by Gasteiger charge is -2.29. The van der Waals surface area contributed by atoms with E-state index in [1.807, 2.05) is 0 Å². The van der Waals surface area contributed by atoms with E-state index in [0.29, 0.717) is 0 Å². The molecule has 3 N–H and O–H groups in total. The number of carboxylic acids is 2. The van der Waals surface area contributed by atoms with Crippen molar-refractivity contribution in [3.63, 3.8) is 0 Å². The molecule has 1 saturated heterocycles. The third-order valence-corrected chi connectivity index (χ3v) is 3.80. The van der Waals surface area contributed by atoms with Gasteiger partial charge in [0.2, 0.25) is 11.2 Å². The standard InChI is InChI=1S/C13H20O9/c1-11(6-7(14)5-8(15)20-4)21-12(2,9(16)17)13(3,22-11)10(18)19/h7,14H,5-6H2,1-4H3,(H,16,17)(H,18,19)/t7-,12-,13-/m0/s1. The van der Waals surface area contributed by atoms with Gasteiger partial charge in [0.15, 0.2) is 5.79 Å². The van der Waals surface area contributed by atoms with Crippen LogP contribution in [0.1, 0.15) is 33.6 Å². The van der Waals surface area contributed by atoms with Gasteiger partial charge < -0.3 is 29.5 Å². The lowest BCUT2D eigenvalue weighted by Crippen LogP contribution is -2.57. The minimum absolute atomic E-state index is 0.298. The minimum atomic E-state index is -2.15. The summed E-state index contributed by atoms with van der Waals surface area (Å²) in [4.78, 5) is 34.0. The summed E-state index contributed by atoms with van der Waals surface area (Å²) < 4.78 is 15.1. The molecule has 9 nitrogen and oxygen atoms in total. The van der Waals surface area contributed by atoms with Gasteiger partial charge in [0.05, 0.1) is 19.6 Å². The molecular formula is C13H20O9. The number of carbonyl (C=O) groups excluding carboxylic acids is 1. The van der Waals surface area contributed by atoms with Gasteiger partial charge in [-0.3, -0.25) is 4.79 Å². The van der Waals surface area contributed by atoms with E-state index in [-0.39, 0.29) is 12.8 Å². The first-order valence-corrected chi connectivity index (χ1v) is 6.52. The molecule has 0 amide bonds. The van der Waals surface area contributed by atoms with Gasteiger partial charge in [0.25, 0.3) is 0 Å². The molecule has 1 heterocycles. The molecule has 0 aromatic carbocycles. The van der Waals surface area contributed by atoms with Gasteiger partial charge in [-0.1, -0.05) is 0 Å². The van der Waals surface area contributed by atoms with Crippen LogP contribution in [0.25, 0.3) is 0 Å². The second-order valence-electron chi connectivity index (χ2n) is 5.65. The molecule has 0 aromatic heterocycles. The molecule has 0 aromatic rings. The summed E-state index contributed by atoms with van der Waals surface area (Å²) in [6.45, 7) is 3.48. The molecule has 0 unspecified atom stereocenters. The molecule has 9 heteroatoms. The molecule has 126 valence electrons. The Kier molecular flexibility index (Phi) is 4.85. The number of rotatable bonds is 6. The van der Waals surface area contributed by atoms with Gasteiger partial charge in [0.1, 0.15) is 0 Å². The number of aliphatic carboxylic acids is 2. The van der Waals surface area contributed by atoms with Crippen LogP contribution in [0.2, 0.25) is 0 Å². The lowest BCUT2D eigenvalue weighted by atomic mass is 9.86. The highest BCUT2D eigenvalue weighted by atomic mass is 16.8. The SMILES string of the molecule is COC(=O)C[C@H](O)CC1(C)O[C@@](C)(C(=O)O)[C@](C)(C(=O)O)O1. The second-order valence-corrected chi connectivity index (χ2v) is 5.65. The van der Waals surface area contributed by atoms with Crippen LogP contribution in [0.15, 0.2) is 0 Å². The van der Waals surface area contributed by atoms with Crippen LogP contribution in [0.4, 0.5) is 0 Å². The third-order valence-electron chi connectivity index (χ3n) is 3.80. The summed E-state index contributed by atoms with van der Waals surface area (Å²) in [6.07, 6.45) is -1.90. The molecule has 0 bridgehead atoms. The molecule has 3 atom stereocenters. The number of carboxylic acid groups (broad SMARTS) is 2. The van der Waals surface area contributed by atoms with Gasteiger partial charge in [-0.25, -0.2) is 9.59 Å². The van der Waals surface area contributed by atoms with Crippen LogP contribution < -0.4 is 0 Å². The Morgan fingerprint density at radius 1 is 1.05 bits per heavy atom. The molecule has 1 aliphatic rings. The highest BCUT2D eigenvalue weighted by molar-refractivity contribution is 5.91. The van der Waals surface area contributed by atoms with Crippen molar-refractivity contribution < 1.29 is 43.9 Å². The molecule has 0 radical (unpaired) electrons. The fourth-order valence-electron chi connectivity index (χ4n) is 2.43. The van der Waals surface area contributed by atoms with Crippen molar-refractivity contribution in [3.05, 3.63) is 0 Å². The molecule has 1 rings (SSSR count). The zero-order valence-electron chi connectivity index (χ0n) is 12.8. The molecule has 1 fully saturated rings.